The maximum atomic E-state index is 13.9. The van der Waals surface area contributed by atoms with Crippen molar-refractivity contribution >= 4 is 5.97 Å². The van der Waals surface area contributed by atoms with Crippen LogP contribution in [0.25, 0.3) is 22.3 Å². The van der Waals surface area contributed by atoms with Gasteiger partial charge in [-0.05, 0) is 63.8 Å². The molecule has 1 atom stereocenters. The van der Waals surface area contributed by atoms with Gasteiger partial charge in [-0.3, -0.25) is 4.79 Å². The van der Waals surface area contributed by atoms with E-state index in [4.69, 9.17) is 4.74 Å². The van der Waals surface area contributed by atoms with Crippen molar-refractivity contribution in [2.75, 3.05) is 13.1 Å². The number of aliphatic hydroxyl groups is 1. The van der Waals surface area contributed by atoms with Crippen molar-refractivity contribution in [1.82, 2.24) is 9.63 Å². The molecule has 6 nitrogen and oxygen atoms in total. The van der Waals surface area contributed by atoms with Gasteiger partial charge in [0.1, 0.15) is 11.4 Å². The van der Waals surface area contributed by atoms with Crippen LogP contribution in [0.2, 0.25) is 0 Å². The average molecular weight is 539 g/mol. The maximum Gasteiger partial charge on any atom is 0.308 e. The summed E-state index contributed by atoms with van der Waals surface area (Å²) >= 11 is 0. The van der Waals surface area contributed by atoms with Gasteiger partial charge in [0.05, 0.1) is 19.1 Å². The van der Waals surface area contributed by atoms with Crippen LogP contribution in [0.1, 0.15) is 78.2 Å². The van der Waals surface area contributed by atoms with E-state index in [-0.39, 0.29) is 37.3 Å². The van der Waals surface area contributed by atoms with Crippen molar-refractivity contribution in [1.29, 1.82) is 0 Å². The number of hydrogen-bond acceptors (Lipinski definition) is 5. The molecule has 0 saturated heterocycles. The number of hydrogen-bond donors (Lipinski definition) is 2. The Morgan fingerprint density at radius 2 is 1.56 bits per heavy atom. The second kappa shape index (κ2) is 12.9. The Bertz CT molecular complexity index is 1230. The second-order valence-corrected chi connectivity index (χ2v) is 11.7. The first kappa shape index (κ1) is 30.5. The van der Waals surface area contributed by atoms with Gasteiger partial charge in [0.2, 0.25) is 0 Å². The van der Waals surface area contributed by atoms with Gasteiger partial charge < -0.3 is 19.6 Å². The van der Waals surface area contributed by atoms with Crippen molar-refractivity contribution in [3.05, 3.63) is 71.8 Å². The Hall–Kier alpha value is -3.00. The quantitative estimate of drug-likeness (QED) is 0.203. The van der Waals surface area contributed by atoms with Crippen molar-refractivity contribution in [2.24, 2.45) is 0 Å². The largest absolute Gasteiger partial charge is 0.460 e. The highest BCUT2D eigenvalue weighted by atomic mass is 19.1. The third kappa shape index (κ3) is 8.01. The summed E-state index contributed by atoms with van der Waals surface area (Å²) in [6.45, 7) is 14.1. The predicted molar refractivity (Wildman–Crippen MR) is 153 cm³/mol. The number of aromatic nitrogens is 1. The lowest BCUT2D eigenvalue weighted by Crippen LogP contribution is -2.34. The molecule has 0 fully saturated rings. The Morgan fingerprint density at radius 3 is 2.10 bits per heavy atom. The molecule has 0 aliphatic heterocycles. The van der Waals surface area contributed by atoms with Crippen molar-refractivity contribution in [3.63, 3.8) is 0 Å². The molecule has 1 aromatic heterocycles. The standard InChI is InChI=1S/C32H43FN2O4/c1-21(2)31-30(23-11-9-8-10-12-23)29(24-13-15-25(33)16-14-24)27(35(31)22(3)4)17-18-34(38)20-26(36)19-28(37)39-32(5,6)7/h8-16,21-22,26,36,38H,17-20H2,1-7H3. The summed E-state index contributed by atoms with van der Waals surface area (Å²) in [5.41, 5.74) is 5.67. The fourth-order valence-corrected chi connectivity index (χ4v) is 5.09. The van der Waals surface area contributed by atoms with E-state index in [1.54, 1.807) is 32.9 Å². The second-order valence-electron chi connectivity index (χ2n) is 11.7. The van der Waals surface area contributed by atoms with Crippen LogP contribution in [0.3, 0.4) is 0 Å². The molecule has 212 valence electrons. The van der Waals surface area contributed by atoms with Crippen molar-refractivity contribution < 1.29 is 24.2 Å². The third-order valence-electron chi connectivity index (χ3n) is 6.45. The van der Waals surface area contributed by atoms with Gasteiger partial charge >= 0.3 is 5.97 Å². The molecule has 0 bridgehead atoms. The Labute approximate surface area is 232 Å². The first-order chi connectivity index (χ1) is 18.3. The molecule has 0 aliphatic rings. The van der Waals surface area contributed by atoms with Crippen LogP contribution in [0, 0.1) is 5.82 Å². The molecule has 3 aromatic rings. The number of aliphatic hydroxyl groups excluding tert-OH is 1. The molecule has 1 heterocycles. The zero-order valence-corrected chi connectivity index (χ0v) is 24.2. The minimum Gasteiger partial charge on any atom is -0.460 e. The summed E-state index contributed by atoms with van der Waals surface area (Å²) in [5.74, 6) is -0.601. The van der Waals surface area contributed by atoms with E-state index >= 15 is 0 Å². The van der Waals surface area contributed by atoms with Gasteiger partial charge in [0.25, 0.3) is 0 Å². The monoisotopic (exact) mass is 538 g/mol. The summed E-state index contributed by atoms with van der Waals surface area (Å²) in [6, 6.07) is 16.9. The fraction of sp³-hybridized carbons (Fsp3) is 0.469. The smallest absolute Gasteiger partial charge is 0.308 e. The van der Waals surface area contributed by atoms with Crippen LogP contribution in [-0.4, -0.2) is 50.7 Å². The van der Waals surface area contributed by atoms with Crippen molar-refractivity contribution in [2.45, 2.75) is 85.0 Å². The summed E-state index contributed by atoms with van der Waals surface area (Å²) in [6.07, 6.45) is -0.787. The molecule has 7 heteroatoms. The highest BCUT2D eigenvalue weighted by Crippen LogP contribution is 2.44. The van der Waals surface area contributed by atoms with E-state index in [1.807, 2.05) is 18.2 Å². The summed E-state index contributed by atoms with van der Waals surface area (Å²) in [5, 5.41) is 22.2. The minimum absolute atomic E-state index is 0.0872. The molecule has 0 aliphatic carbocycles. The molecule has 3 rings (SSSR count). The molecular formula is C32H43FN2O4. The molecule has 1 unspecified atom stereocenters. The first-order valence-electron chi connectivity index (χ1n) is 13.7. The fourth-order valence-electron chi connectivity index (χ4n) is 5.09. The number of esters is 1. The highest BCUT2D eigenvalue weighted by Gasteiger charge is 2.28. The first-order valence-corrected chi connectivity index (χ1v) is 13.7. The Kier molecular flexibility index (Phi) is 10.1. The number of benzene rings is 2. The summed E-state index contributed by atoms with van der Waals surface area (Å²) in [4.78, 5) is 12.1. The van der Waals surface area contributed by atoms with E-state index in [0.29, 0.717) is 6.42 Å². The lowest BCUT2D eigenvalue weighted by atomic mass is 9.91. The van der Waals surface area contributed by atoms with E-state index in [9.17, 15) is 19.5 Å². The number of halogens is 1. The average Bonchev–Trinajstić information content (AvgIpc) is 3.18. The number of hydroxylamine groups is 2. The molecular weight excluding hydrogens is 495 g/mol. The van der Waals surface area contributed by atoms with Gasteiger partial charge in [-0.25, -0.2) is 4.39 Å². The summed E-state index contributed by atoms with van der Waals surface area (Å²) in [7, 11) is 0. The van der Waals surface area contributed by atoms with E-state index < -0.39 is 17.7 Å². The normalized spacial score (nSPS) is 12.9. The number of ether oxygens (including phenoxy) is 1. The number of carbonyl (C=O) groups excluding carboxylic acids is 1. The number of rotatable bonds is 11. The zero-order valence-electron chi connectivity index (χ0n) is 24.2. The van der Waals surface area contributed by atoms with Gasteiger partial charge in [-0.1, -0.05) is 56.3 Å². The van der Waals surface area contributed by atoms with Crippen molar-refractivity contribution in [3.8, 4) is 22.3 Å². The van der Waals surface area contributed by atoms with Crippen LogP contribution in [0.4, 0.5) is 4.39 Å². The molecule has 0 radical (unpaired) electrons. The lowest BCUT2D eigenvalue weighted by Gasteiger charge is -2.23. The molecule has 0 amide bonds. The lowest BCUT2D eigenvalue weighted by molar-refractivity contribution is -0.160. The SMILES string of the molecule is CC(C)c1c(-c2ccccc2)c(-c2ccc(F)cc2)c(CCN(O)CC(O)CC(=O)OC(C)(C)C)n1C(C)C. The molecule has 2 aromatic carbocycles. The molecule has 0 spiro atoms. The predicted octanol–water partition coefficient (Wildman–Crippen LogP) is 6.99. The zero-order chi connectivity index (χ0) is 28.9. The molecule has 2 N–H and O–H groups in total. The van der Waals surface area contributed by atoms with Gasteiger partial charge in [-0.2, -0.15) is 5.06 Å². The van der Waals surface area contributed by atoms with Gasteiger partial charge in [-0.15, -0.1) is 0 Å². The van der Waals surface area contributed by atoms with E-state index in [2.05, 4.69) is 44.4 Å². The highest BCUT2D eigenvalue weighted by molar-refractivity contribution is 5.88. The molecule has 39 heavy (non-hydrogen) atoms. The van der Waals surface area contributed by atoms with E-state index in [0.717, 1.165) is 33.0 Å². The van der Waals surface area contributed by atoms with Crippen LogP contribution in [0.15, 0.2) is 54.6 Å². The number of carbonyl (C=O) groups is 1. The topological polar surface area (TPSA) is 74.9 Å². The number of nitrogens with zero attached hydrogens (tertiary/aromatic N) is 2. The minimum atomic E-state index is -1.07. The van der Waals surface area contributed by atoms with Gasteiger partial charge in [0.15, 0.2) is 0 Å². The van der Waals surface area contributed by atoms with E-state index in [1.165, 1.54) is 17.8 Å². The maximum absolute atomic E-state index is 13.9. The van der Waals surface area contributed by atoms with Crippen LogP contribution < -0.4 is 0 Å². The van der Waals surface area contributed by atoms with Gasteiger partial charge in [0, 0.05) is 41.5 Å². The van der Waals surface area contributed by atoms with Crippen LogP contribution >= 0.6 is 0 Å². The Morgan fingerprint density at radius 1 is 0.974 bits per heavy atom. The third-order valence-corrected chi connectivity index (χ3v) is 6.45. The molecule has 0 saturated carbocycles. The van der Waals surface area contributed by atoms with Crippen LogP contribution in [-0.2, 0) is 16.0 Å². The van der Waals surface area contributed by atoms with Crippen LogP contribution in [0.5, 0.6) is 0 Å². The summed E-state index contributed by atoms with van der Waals surface area (Å²) < 4.78 is 21.5. The Balaban J connectivity index is 2.00.